The molecule has 2 heterocycles. The lowest BCUT2D eigenvalue weighted by molar-refractivity contribution is 0.547. The van der Waals surface area contributed by atoms with Gasteiger partial charge in [-0.15, -0.1) is 0 Å². The summed E-state index contributed by atoms with van der Waals surface area (Å²) in [6.07, 6.45) is 1.89. The maximum absolute atomic E-state index is 4.58. The lowest BCUT2D eigenvalue weighted by Gasteiger charge is -2.18. The lowest BCUT2D eigenvalue weighted by Crippen LogP contribution is -2.18. The van der Waals surface area contributed by atoms with Crippen LogP contribution in [-0.4, -0.2) is 26.3 Å². The number of nitrogens with one attached hydrogen (secondary N) is 2. The molecule has 0 aliphatic rings. The fraction of sp³-hybridized carbons (Fsp3) is 0.500. The zero-order chi connectivity index (χ0) is 14.8. The van der Waals surface area contributed by atoms with Crippen molar-refractivity contribution in [3.8, 4) is 0 Å². The molecule has 0 radical (unpaired) electrons. The molecule has 2 N–H and O–H groups in total. The highest BCUT2D eigenvalue weighted by atomic mass is 15.3. The van der Waals surface area contributed by atoms with Crippen LogP contribution in [0.2, 0.25) is 0 Å². The van der Waals surface area contributed by atoms with Gasteiger partial charge in [0, 0.05) is 37.3 Å². The Morgan fingerprint density at radius 2 is 1.85 bits per heavy atom. The topological polar surface area (TPSA) is 67.7 Å². The molecular formula is C14H22N6. The van der Waals surface area contributed by atoms with E-state index in [1.165, 1.54) is 0 Å². The standard InChI is InChI=1S/C14H22N6/c1-6-15-11-9-12(16-10-7-8-20(5)19-10)18-13(17-11)14(2,3)4/h7-9H,6H2,1-5H3,(H2,15,16,17,18,19). The van der Waals surface area contributed by atoms with Gasteiger partial charge in [-0.05, 0) is 6.92 Å². The number of nitrogens with zero attached hydrogens (tertiary/aromatic N) is 4. The quantitative estimate of drug-likeness (QED) is 0.897. The molecule has 108 valence electrons. The van der Waals surface area contributed by atoms with E-state index < -0.39 is 0 Å². The van der Waals surface area contributed by atoms with Crippen molar-refractivity contribution in [3.05, 3.63) is 24.2 Å². The average Bonchev–Trinajstić information content (AvgIpc) is 2.74. The highest BCUT2D eigenvalue weighted by molar-refractivity contribution is 5.56. The summed E-state index contributed by atoms with van der Waals surface area (Å²) in [6.45, 7) is 9.17. The first-order chi connectivity index (χ1) is 9.38. The monoisotopic (exact) mass is 274 g/mol. The molecule has 20 heavy (non-hydrogen) atoms. The van der Waals surface area contributed by atoms with Crippen LogP contribution in [0.4, 0.5) is 17.5 Å². The minimum Gasteiger partial charge on any atom is -0.370 e. The van der Waals surface area contributed by atoms with Crippen LogP contribution in [0, 0.1) is 0 Å². The molecule has 0 bridgehead atoms. The van der Waals surface area contributed by atoms with Gasteiger partial charge in [-0.1, -0.05) is 20.8 Å². The summed E-state index contributed by atoms with van der Waals surface area (Å²) in [5.41, 5.74) is -0.105. The predicted molar refractivity (Wildman–Crippen MR) is 81.4 cm³/mol. The molecule has 2 aromatic heterocycles. The molecule has 0 aromatic carbocycles. The highest BCUT2D eigenvalue weighted by Crippen LogP contribution is 2.23. The Morgan fingerprint density at radius 1 is 1.15 bits per heavy atom. The SMILES string of the molecule is CCNc1cc(Nc2ccn(C)n2)nc(C(C)(C)C)n1. The summed E-state index contributed by atoms with van der Waals surface area (Å²) in [5, 5.41) is 10.7. The molecule has 0 aliphatic carbocycles. The Labute approximate surface area is 119 Å². The molecular weight excluding hydrogens is 252 g/mol. The molecule has 2 aromatic rings. The molecule has 6 nitrogen and oxygen atoms in total. The van der Waals surface area contributed by atoms with Crippen molar-refractivity contribution in [2.45, 2.75) is 33.1 Å². The van der Waals surface area contributed by atoms with Crippen LogP contribution in [0.25, 0.3) is 0 Å². The van der Waals surface area contributed by atoms with Gasteiger partial charge in [-0.2, -0.15) is 5.10 Å². The third kappa shape index (κ3) is 3.46. The number of hydrogen-bond acceptors (Lipinski definition) is 5. The molecule has 0 aliphatic heterocycles. The average molecular weight is 274 g/mol. The van der Waals surface area contributed by atoms with Crippen LogP contribution in [0.5, 0.6) is 0 Å². The summed E-state index contributed by atoms with van der Waals surface area (Å²) in [5.74, 6) is 3.15. The normalized spacial score (nSPS) is 11.4. The summed E-state index contributed by atoms with van der Waals surface area (Å²) in [4.78, 5) is 9.13. The Morgan fingerprint density at radius 3 is 2.40 bits per heavy atom. The van der Waals surface area contributed by atoms with Gasteiger partial charge in [-0.3, -0.25) is 4.68 Å². The van der Waals surface area contributed by atoms with E-state index in [0.29, 0.717) is 0 Å². The largest absolute Gasteiger partial charge is 0.370 e. The maximum atomic E-state index is 4.58. The van der Waals surface area contributed by atoms with Crippen LogP contribution in [0.3, 0.4) is 0 Å². The van der Waals surface area contributed by atoms with E-state index in [1.807, 2.05) is 32.3 Å². The van der Waals surface area contributed by atoms with E-state index in [9.17, 15) is 0 Å². The Kier molecular flexibility index (Phi) is 3.92. The second-order valence-corrected chi connectivity index (χ2v) is 5.74. The first-order valence-electron chi connectivity index (χ1n) is 6.78. The third-order valence-corrected chi connectivity index (χ3v) is 2.72. The second-order valence-electron chi connectivity index (χ2n) is 5.74. The molecule has 0 amide bonds. The molecule has 2 rings (SSSR count). The van der Waals surface area contributed by atoms with Crippen molar-refractivity contribution in [3.63, 3.8) is 0 Å². The van der Waals surface area contributed by atoms with E-state index in [4.69, 9.17) is 0 Å². The van der Waals surface area contributed by atoms with Crippen molar-refractivity contribution in [1.29, 1.82) is 0 Å². The van der Waals surface area contributed by atoms with E-state index in [0.717, 1.165) is 29.8 Å². The Bertz CT molecular complexity index is 582. The number of anilines is 3. The third-order valence-electron chi connectivity index (χ3n) is 2.72. The fourth-order valence-corrected chi connectivity index (χ4v) is 1.73. The van der Waals surface area contributed by atoms with Crippen LogP contribution < -0.4 is 10.6 Å². The molecule has 6 heteroatoms. The Balaban J connectivity index is 2.33. The number of hydrogen-bond donors (Lipinski definition) is 2. The molecule has 0 spiro atoms. The molecule has 0 saturated carbocycles. The van der Waals surface area contributed by atoms with Crippen molar-refractivity contribution < 1.29 is 0 Å². The van der Waals surface area contributed by atoms with E-state index >= 15 is 0 Å². The fourth-order valence-electron chi connectivity index (χ4n) is 1.73. The van der Waals surface area contributed by atoms with E-state index in [2.05, 4.69) is 46.5 Å². The molecule has 0 unspecified atom stereocenters. The summed E-state index contributed by atoms with van der Waals surface area (Å²) < 4.78 is 1.75. The summed E-state index contributed by atoms with van der Waals surface area (Å²) >= 11 is 0. The van der Waals surface area contributed by atoms with Gasteiger partial charge < -0.3 is 10.6 Å². The van der Waals surface area contributed by atoms with Crippen molar-refractivity contribution in [2.24, 2.45) is 7.05 Å². The zero-order valence-electron chi connectivity index (χ0n) is 12.7. The highest BCUT2D eigenvalue weighted by Gasteiger charge is 2.19. The van der Waals surface area contributed by atoms with Crippen LogP contribution in [-0.2, 0) is 12.5 Å². The first-order valence-corrected chi connectivity index (χ1v) is 6.78. The van der Waals surface area contributed by atoms with Crippen molar-refractivity contribution in [2.75, 3.05) is 17.2 Å². The van der Waals surface area contributed by atoms with E-state index in [-0.39, 0.29) is 5.41 Å². The van der Waals surface area contributed by atoms with Crippen LogP contribution in [0.1, 0.15) is 33.5 Å². The number of rotatable bonds is 4. The maximum Gasteiger partial charge on any atom is 0.153 e. The van der Waals surface area contributed by atoms with Gasteiger partial charge >= 0.3 is 0 Å². The minimum atomic E-state index is -0.105. The van der Waals surface area contributed by atoms with E-state index in [1.54, 1.807) is 4.68 Å². The van der Waals surface area contributed by atoms with Gasteiger partial charge in [0.15, 0.2) is 5.82 Å². The van der Waals surface area contributed by atoms with Crippen molar-refractivity contribution >= 4 is 17.5 Å². The molecule has 0 atom stereocenters. The van der Waals surface area contributed by atoms with Crippen molar-refractivity contribution in [1.82, 2.24) is 19.7 Å². The zero-order valence-corrected chi connectivity index (χ0v) is 12.7. The van der Waals surface area contributed by atoms with Gasteiger partial charge in [-0.25, -0.2) is 9.97 Å². The summed E-state index contributed by atoms with van der Waals surface area (Å²) in [7, 11) is 1.88. The number of aromatic nitrogens is 4. The first kappa shape index (κ1) is 14.3. The van der Waals surface area contributed by atoms with Crippen LogP contribution >= 0.6 is 0 Å². The molecule has 0 fully saturated rings. The lowest BCUT2D eigenvalue weighted by atomic mass is 9.96. The van der Waals surface area contributed by atoms with Gasteiger partial charge in [0.1, 0.15) is 17.5 Å². The predicted octanol–water partition coefficient (Wildman–Crippen LogP) is 2.68. The van der Waals surface area contributed by atoms with Gasteiger partial charge in [0.2, 0.25) is 0 Å². The minimum absolute atomic E-state index is 0.105. The summed E-state index contributed by atoms with van der Waals surface area (Å²) in [6, 6.07) is 3.80. The van der Waals surface area contributed by atoms with Crippen LogP contribution in [0.15, 0.2) is 18.3 Å². The number of aryl methyl sites for hydroxylation is 1. The van der Waals surface area contributed by atoms with Gasteiger partial charge in [0.05, 0.1) is 0 Å². The Hall–Kier alpha value is -2.11. The molecule has 0 saturated heterocycles. The van der Waals surface area contributed by atoms with Gasteiger partial charge in [0.25, 0.3) is 0 Å². The second kappa shape index (κ2) is 5.48. The smallest absolute Gasteiger partial charge is 0.153 e.